The van der Waals surface area contributed by atoms with E-state index in [1.807, 2.05) is 6.21 Å². The van der Waals surface area contributed by atoms with Crippen molar-refractivity contribution in [1.82, 2.24) is 5.32 Å². The molecule has 0 bridgehead atoms. The molecule has 1 N–H and O–H groups in total. The zero-order chi connectivity index (χ0) is 9.84. The van der Waals surface area contributed by atoms with Crippen LogP contribution < -0.4 is 5.32 Å². The van der Waals surface area contributed by atoms with E-state index in [0.29, 0.717) is 11.8 Å². The van der Waals surface area contributed by atoms with Crippen molar-refractivity contribution < 1.29 is 0 Å². The molecule has 1 aliphatic rings. The minimum Gasteiger partial charge on any atom is -0.308 e. The van der Waals surface area contributed by atoms with Gasteiger partial charge in [-0.2, -0.15) is 0 Å². The fourth-order valence-electron chi connectivity index (χ4n) is 1.61. The van der Waals surface area contributed by atoms with Gasteiger partial charge in [-0.25, -0.2) is 0 Å². The summed E-state index contributed by atoms with van der Waals surface area (Å²) in [5.74, 6) is 1.13. The monoisotopic (exact) mass is 180 g/mol. The van der Waals surface area contributed by atoms with E-state index in [9.17, 15) is 0 Å². The molecule has 2 nitrogen and oxygen atoms in total. The maximum Gasteiger partial charge on any atom is 0.0433 e. The van der Waals surface area contributed by atoms with Gasteiger partial charge in [0.1, 0.15) is 0 Å². The van der Waals surface area contributed by atoms with E-state index in [4.69, 9.17) is 0 Å². The lowest BCUT2D eigenvalue weighted by Crippen LogP contribution is -2.20. The Morgan fingerprint density at radius 3 is 2.46 bits per heavy atom. The normalized spacial score (nSPS) is 18.6. The van der Waals surface area contributed by atoms with Crippen LogP contribution in [0.15, 0.2) is 16.3 Å². The van der Waals surface area contributed by atoms with Crippen LogP contribution in [0.25, 0.3) is 0 Å². The number of hydrogen-bond donors (Lipinski definition) is 1. The molecule has 74 valence electrons. The molecule has 0 saturated carbocycles. The summed E-state index contributed by atoms with van der Waals surface area (Å²) in [6.45, 7) is 10.8. The lowest BCUT2D eigenvalue weighted by molar-refractivity contribution is 0.651. The second kappa shape index (κ2) is 4.56. The summed E-state index contributed by atoms with van der Waals surface area (Å²) < 4.78 is 0. The summed E-state index contributed by atoms with van der Waals surface area (Å²) >= 11 is 0. The average Bonchev–Trinajstić information content (AvgIpc) is 2.27. The molecule has 0 fully saturated rings. The minimum atomic E-state index is 0.536. The molecule has 0 saturated heterocycles. The van der Waals surface area contributed by atoms with Gasteiger partial charge in [-0.1, -0.05) is 27.7 Å². The van der Waals surface area contributed by atoms with Crippen molar-refractivity contribution in [3.63, 3.8) is 0 Å². The quantitative estimate of drug-likeness (QED) is 0.692. The Morgan fingerprint density at radius 1 is 1.23 bits per heavy atom. The SMILES string of the molecule is CC(C)C1=C(C(C)C)N=CCNC1. The molecule has 0 spiro atoms. The van der Waals surface area contributed by atoms with Crippen LogP contribution in [0, 0.1) is 11.8 Å². The summed E-state index contributed by atoms with van der Waals surface area (Å²) in [4.78, 5) is 4.52. The van der Waals surface area contributed by atoms with E-state index in [1.165, 1.54) is 11.3 Å². The zero-order valence-corrected chi connectivity index (χ0v) is 9.09. The number of hydrogen-bond acceptors (Lipinski definition) is 2. The highest BCUT2D eigenvalue weighted by molar-refractivity contribution is 5.62. The van der Waals surface area contributed by atoms with Crippen LogP contribution >= 0.6 is 0 Å². The predicted molar refractivity (Wildman–Crippen MR) is 58.1 cm³/mol. The van der Waals surface area contributed by atoms with Gasteiger partial charge < -0.3 is 5.32 Å². The largest absolute Gasteiger partial charge is 0.308 e. The summed E-state index contributed by atoms with van der Waals surface area (Å²) in [6, 6.07) is 0. The Balaban J connectivity index is 2.96. The van der Waals surface area contributed by atoms with Gasteiger partial charge in [0, 0.05) is 25.0 Å². The molecule has 0 radical (unpaired) electrons. The Bertz CT molecular complexity index is 224. The Labute approximate surface area is 81.1 Å². The van der Waals surface area contributed by atoms with Gasteiger partial charge in [-0.05, 0) is 17.4 Å². The van der Waals surface area contributed by atoms with Gasteiger partial charge in [0.2, 0.25) is 0 Å². The molecule has 1 heterocycles. The van der Waals surface area contributed by atoms with Gasteiger partial charge in [0.15, 0.2) is 0 Å². The van der Waals surface area contributed by atoms with E-state index in [1.54, 1.807) is 0 Å². The highest BCUT2D eigenvalue weighted by Crippen LogP contribution is 2.22. The lowest BCUT2D eigenvalue weighted by Gasteiger charge is -2.16. The number of rotatable bonds is 2. The molecule has 0 unspecified atom stereocenters. The van der Waals surface area contributed by atoms with Gasteiger partial charge in [-0.15, -0.1) is 0 Å². The third kappa shape index (κ3) is 2.66. The fourth-order valence-corrected chi connectivity index (χ4v) is 1.61. The van der Waals surface area contributed by atoms with E-state index >= 15 is 0 Å². The van der Waals surface area contributed by atoms with Crippen LogP contribution in [0.4, 0.5) is 0 Å². The van der Waals surface area contributed by atoms with E-state index in [-0.39, 0.29) is 0 Å². The van der Waals surface area contributed by atoms with Crippen LogP contribution in [0.2, 0.25) is 0 Å². The summed E-state index contributed by atoms with van der Waals surface area (Å²) in [5.41, 5.74) is 2.74. The first-order valence-electron chi connectivity index (χ1n) is 5.09. The zero-order valence-electron chi connectivity index (χ0n) is 9.09. The summed E-state index contributed by atoms with van der Waals surface area (Å²) in [7, 11) is 0. The van der Waals surface area contributed by atoms with Crippen LogP contribution in [-0.4, -0.2) is 19.3 Å². The first-order valence-corrected chi connectivity index (χ1v) is 5.09. The lowest BCUT2D eigenvalue weighted by atomic mass is 9.96. The van der Waals surface area contributed by atoms with Crippen molar-refractivity contribution in [2.75, 3.05) is 13.1 Å². The molecule has 2 heteroatoms. The number of allylic oxidation sites excluding steroid dienone is 1. The maximum atomic E-state index is 4.52. The second-order valence-electron chi connectivity index (χ2n) is 4.16. The van der Waals surface area contributed by atoms with Crippen molar-refractivity contribution >= 4 is 6.21 Å². The molecule has 1 rings (SSSR count). The highest BCUT2D eigenvalue weighted by Gasteiger charge is 2.14. The smallest absolute Gasteiger partial charge is 0.0433 e. The summed E-state index contributed by atoms with van der Waals surface area (Å²) in [6.07, 6.45) is 1.98. The molecule has 0 aliphatic carbocycles. The molecular formula is C11H20N2. The second-order valence-corrected chi connectivity index (χ2v) is 4.16. The molecule has 13 heavy (non-hydrogen) atoms. The Kier molecular flexibility index (Phi) is 3.67. The Morgan fingerprint density at radius 2 is 1.92 bits per heavy atom. The molecule has 0 aromatic carbocycles. The highest BCUT2D eigenvalue weighted by atomic mass is 14.9. The Hall–Kier alpha value is -0.630. The minimum absolute atomic E-state index is 0.536. The maximum absolute atomic E-state index is 4.52. The molecule has 0 aromatic heterocycles. The van der Waals surface area contributed by atoms with Crippen LogP contribution in [0.1, 0.15) is 27.7 Å². The van der Waals surface area contributed by atoms with Gasteiger partial charge in [-0.3, -0.25) is 4.99 Å². The topological polar surface area (TPSA) is 24.4 Å². The van der Waals surface area contributed by atoms with E-state index in [2.05, 4.69) is 38.0 Å². The van der Waals surface area contributed by atoms with E-state index in [0.717, 1.165) is 13.1 Å². The average molecular weight is 180 g/mol. The molecule has 0 aromatic rings. The molecule has 0 amide bonds. The van der Waals surface area contributed by atoms with E-state index < -0.39 is 0 Å². The molecule has 0 atom stereocenters. The molecular weight excluding hydrogens is 160 g/mol. The third-order valence-electron chi connectivity index (χ3n) is 2.35. The third-order valence-corrected chi connectivity index (χ3v) is 2.35. The number of aliphatic imine (C=N–C) groups is 1. The first-order chi connectivity index (χ1) is 6.13. The van der Waals surface area contributed by atoms with Crippen molar-refractivity contribution in [3.05, 3.63) is 11.3 Å². The summed E-state index contributed by atoms with van der Waals surface area (Å²) in [5, 5.41) is 3.36. The van der Waals surface area contributed by atoms with Crippen molar-refractivity contribution in [2.45, 2.75) is 27.7 Å². The standard InChI is InChI=1S/C11H20N2/c1-8(2)10-7-12-5-6-13-11(10)9(3)4/h6,8-9,12H,5,7H2,1-4H3. The predicted octanol–water partition coefficient (Wildman–Crippen LogP) is 2.23. The van der Waals surface area contributed by atoms with Gasteiger partial charge in [0.25, 0.3) is 0 Å². The van der Waals surface area contributed by atoms with Crippen molar-refractivity contribution in [3.8, 4) is 0 Å². The van der Waals surface area contributed by atoms with Crippen LogP contribution in [-0.2, 0) is 0 Å². The number of nitrogens with one attached hydrogen (secondary N) is 1. The van der Waals surface area contributed by atoms with Gasteiger partial charge in [0.05, 0.1) is 0 Å². The van der Waals surface area contributed by atoms with Crippen molar-refractivity contribution in [1.29, 1.82) is 0 Å². The van der Waals surface area contributed by atoms with Gasteiger partial charge >= 0.3 is 0 Å². The van der Waals surface area contributed by atoms with Crippen LogP contribution in [0.5, 0.6) is 0 Å². The van der Waals surface area contributed by atoms with Crippen molar-refractivity contribution in [2.24, 2.45) is 16.8 Å². The van der Waals surface area contributed by atoms with Crippen LogP contribution in [0.3, 0.4) is 0 Å². The molecule has 1 aliphatic heterocycles. The number of nitrogens with zero attached hydrogens (tertiary/aromatic N) is 1. The first kappa shape index (κ1) is 10.5. The fraction of sp³-hybridized carbons (Fsp3) is 0.727.